The van der Waals surface area contributed by atoms with Crippen LogP contribution < -0.4 is 5.32 Å². The Labute approximate surface area is 100 Å². The molecule has 1 aliphatic rings. The van der Waals surface area contributed by atoms with Crippen molar-refractivity contribution in [2.24, 2.45) is 5.41 Å². The third-order valence-corrected chi connectivity index (χ3v) is 3.18. The lowest BCUT2D eigenvalue weighted by atomic mass is 9.92. The van der Waals surface area contributed by atoms with Gasteiger partial charge in [0, 0.05) is 12.2 Å². The molecule has 1 aromatic heterocycles. The van der Waals surface area contributed by atoms with E-state index in [9.17, 15) is 4.79 Å². The highest BCUT2D eigenvalue weighted by Crippen LogP contribution is 2.37. The van der Waals surface area contributed by atoms with Crippen molar-refractivity contribution in [2.45, 2.75) is 39.2 Å². The molecule has 0 aromatic carbocycles. The number of hydrogen-bond donors (Lipinski definition) is 2. The molecule has 0 radical (unpaired) electrons. The predicted molar refractivity (Wildman–Crippen MR) is 64.0 cm³/mol. The Balaban J connectivity index is 2.04. The normalized spacial score (nSPS) is 22.4. The molecule has 92 valence electrons. The molecule has 2 rings (SSSR count). The Morgan fingerprint density at radius 3 is 2.94 bits per heavy atom. The van der Waals surface area contributed by atoms with Gasteiger partial charge in [0.25, 0.3) is 0 Å². The average Bonchev–Trinajstić information content (AvgIpc) is 2.58. The minimum atomic E-state index is -1.03. The van der Waals surface area contributed by atoms with Crippen molar-refractivity contribution < 1.29 is 9.90 Å². The molecule has 0 bridgehead atoms. The van der Waals surface area contributed by atoms with Crippen molar-refractivity contribution in [1.82, 2.24) is 9.97 Å². The molecule has 0 saturated heterocycles. The minimum Gasteiger partial charge on any atom is -0.477 e. The fourth-order valence-electron chi connectivity index (χ4n) is 2.29. The Kier molecular flexibility index (Phi) is 3.00. The first-order chi connectivity index (χ1) is 7.96. The van der Waals surface area contributed by atoms with Gasteiger partial charge in [0.05, 0.1) is 0 Å². The molecule has 1 aromatic rings. The van der Waals surface area contributed by atoms with Crippen molar-refractivity contribution in [3.63, 3.8) is 0 Å². The van der Waals surface area contributed by atoms with Crippen LogP contribution in [0.4, 0.5) is 5.95 Å². The van der Waals surface area contributed by atoms with Crippen LogP contribution in [0.15, 0.2) is 12.3 Å². The van der Waals surface area contributed by atoms with Gasteiger partial charge in [-0.3, -0.25) is 0 Å². The minimum absolute atomic E-state index is 0.0276. The SMILES string of the molecule is CC1(C)CCC(Nc2nccc(C(=O)O)n2)C1. The van der Waals surface area contributed by atoms with E-state index >= 15 is 0 Å². The third-order valence-electron chi connectivity index (χ3n) is 3.18. The van der Waals surface area contributed by atoms with E-state index in [-0.39, 0.29) is 5.69 Å². The molecule has 2 N–H and O–H groups in total. The second kappa shape index (κ2) is 4.31. The number of carboxylic acid groups (broad SMARTS) is 1. The summed E-state index contributed by atoms with van der Waals surface area (Å²) in [5, 5.41) is 12.0. The predicted octanol–water partition coefficient (Wildman–Crippen LogP) is 2.17. The summed E-state index contributed by atoms with van der Waals surface area (Å²) in [6.07, 6.45) is 4.78. The number of rotatable bonds is 3. The first-order valence-corrected chi connectivity index (χ1v) is 5.79. The van der Waals surface area contributed by atoms with Crippen LogP contribution in [0, 0.1) is 5.41 Å². The van der Waals surface area contributed by atoms with Gasteiger partial charge in [-0.2, -0.15) is 0 Å². The lowest BCUT2D eigenvalue weighted by Gasteiger charge is -2.17. The van der Waals surface area contributed by atoms with Gasteiger partial charge in [-0.05, 0) is 30.7 Å². The zero-order chi connectivity index (χ0) is 12.5. The average molecular weight is 235 g/mol. The summed E-state index contributed by atoms with van der Waals surface area (Å²) in [6, 6.07) is 1.74. The van der Waals surface area contributed by atoms with Crippen molar-refractivity contribution in [1.29, 1.82) is 0 Å². The van der Waals surface area contributed by atoms with E-state index in [1.54, 1.807) is 0 Å². The first-order valence-electron chi connectivity index (χ1n) is 5.79. The molecule has 1 atom stereocenters. The smallest absolute Gasteiger partial charge is 0.354 e. The van der Waals surface area contributed by atoms with Gasteiger partial charge in [0.1, 0.15) is 0 Å². The topological polar surface area (TPSA) is 75.1 Å². The summed E-state index contributed by atoms with van der Waals surface area (Å²) >= 11 is 0. The summed E-state index contributed by atoms with van der Waals surface area (Å²) in [7, 11) is 0. The second-order valence-corrected chi connectivity index (χ2v) is 5.32. The summed E-state index contributed by atoms with van der Waals surface area (Å²) in [5.74, 6) is -0.616. The van der Waals surface area contributed by atoms with Crippen molar-refractivity contribution >= 4 is 11.9 Å². The van der Waals surface area contributed by atoms with Gasteiger partial charge in [-0.25, -0.2) is 14.8 Å². The van der Waals surface area contributed by atoms with Crippen molar-refractivity contribution in [2.75, 3.05) is 5.32 Å². The van der Waals surface area contributed by atoms with Crippen LogP contribution in [0.3, 0.4) is 0 Å². The summed E-state index contributed by atoms with van der Waals surface area (Å²) in [6.45, 7) is 4.48. The fraction of sp³-hybridized carbons (Fsp3) is 0.583. The van der Waals surface area contributed by atoms with E-state index in [2.05, 4.69) is 29.1 Å². The highest BCUT2D eigenvalue weighted by Gasteiger charge is 2.31. The summed E-state index contributed by atoms with van der Waals surface area (Å²) in [4.78, 5) is 18.8. The molecule has 0 amide bonds. The molecule has 1 aliphatic carbocycles. The maximum Gasteiger partial charge on any atom is 0.354 e. The van der Waals surface area contributed by atoms with E-state index in [0.29, 0.717) is 17.4 Å². The van der Waals surface area contributed by atoms with Crippen molar-refractivity contribution in [3.8, 4) is 0 Å². The van der Waals surface area contributed by atoms with Crippen LogP contribution in [-0.2, 0) is 0 Å². The molecule has 5 nitrogen and oxygen atoms in total. The van der Waals surface area contributed by atoms with E-state index in [0.717, 1.165) is 12.8 Å². The summed E-state index contributed by atoms with van der Waals surface area (Å²) in [5.41, 5.74) is 0.377. The van der Waals surface area contributed by atoms with Crippen LogP contribution in [0.5, 0.6) is 0 Å². The molecule has 5 heteroatoms. The molecular weight excluding hydrogens is 218 g/mol. The molecule has 0 aliphatic heterocycles. The number of nitrogens with zero attached hydrogens (tertiary/aromatic N) is 2. The Bertz CT molecular complexity index is 432. The lowest BCUT2D eigenvalue weighted by Crippen LogP contribution is -2.19. The molecule has 1 heterocycles. The third kappa shape index (κ3) is 2.93. The maximum absolute atomic E-state index is 10.8. The van der Waals surface area contributed by atoms with Crippen LogP contribution in [0.1, 0.15) is 43.6 Å². The van der Waals surface area contributed by atoms with Gasteiger partial charge in [0.15, 0.2) is 5.69 Å². The highest BCUT2D eigenvalue weighted by molar-refractivity contribution is 5.85. The second-order valence-electron chi connectivity index (χ2n) is 5.32. The Morgan fingerprint density at radius 2 is 2.35 bits per heavy atom. The number of nitrogens with one attached hydrogen (secondary N) is 1. The van der Waals surface area contributed by atoms with Crippen LogP contribution in [0.25, 0.3) is 0 Å². The van der Waals surface area contributed by atoms with E-state index < -0.39 is 5.97 Å². The standard InChI is InChI=1S/C12H17N3O2/c1-12(2)5-3-8(7-12)14-11-13-6-4-9(15-11)10(16)17/h4,6,8H,3,5,7H2,1-2H3,(H,16,17)(H,13,14,15). The Morgan fingerprint density at radius 1 is 1.59 bits per heavy atom. The maximum atomic E-state index is 10.8. The number of carbonyl (C=O) groups is 1. The number of aromatic nitrogens is 2. The quantitative estimate of drug-likeness (QED) is 0.839. The van der Waals surface area contributed by atoms with Crippen LogP contribution >= 0.6 is 0 Å². The highest BCUT2D eigenvalue weighted by atomic mass is 16.4. The van der Waals surface area contributed by atoms with Crippen molar-refractivity contribution in [3.05, 3.63) is 18.0 Å². The zero-order valence-corrected chi connectivity index (χ0v) is 10.1. The van der Waals surface area contributed by atoms with E-state index in [4.69, 9.17) is 5.11 Å². The van der Waals surface area contributed by atoms with Gasteiger partial charge in [-0.1, -0.05) is 13.8 Å². The zero-order valence-electron chi connectivity index (χ0n) is 10.1. The van der Waals surface area contributed by atoms with Gasteiger partial charge >= 0.3 is 5.97 Å². The van der Waals surface area contributed by atoms with Crippen LogP contribution in [0.2, 0.25) is 0 Å². The largest absolute Gasteiger partial charge is 0.477 e. The fourth-order valence-corrected chi connectivity index (χ4v) is 2.29. The molecule has 1 unspecified atom stereocenters. The number of aromatic carboxylic acids is 1. The van der Waals surface area contributed by atoms with Gasteiger partial charge < -0.3 is 10.4 Å². The van der Waals surface area contributed by atoms with Crippen LogP contribution in [-0.4, -0.2) is 27.1 Å². The molecular formula is C12H17N3O2. The van der Waals surface area contributed by atoms with E-state index in [1.165, 1.54) is 18.7 Å². The van der Waals surface area contributed by atoms with Gasteiger partial charge in [-0.15, -0.1) is 0 Å². The number of anilines is 1. The number of hydrogen-bond acceptors (Lipinski definition) is 4. The van der Waals surface area contributed by atoms with E-state index in [1.807, 2.05) is 0 Å². The first kappa shape index (κ1) is 11.8. The monoisotopic (exact) mass is 235 g/mol. The summed E-state index contributed by atoms with van der Waals surface area (Å²) < 4.78 is 0. The molecule has 1 saturated carbocycles. The molecule has 17 heavy (non-hydrogen) atoms. The molecule has 0 spiro atoms. The molecule has 1 fully saturated rings. The number of carboxylic acids is 1. The lowest BCUT2D eigenvalue weighted by molar-refractivity contribution is 0.0690. The Hall–Kier alpha value is -1.65. The van der Waals surface area contributed by atoms with Gasteiger partial charge in [0.2, 0.25) is 5.95 Å².